The predicted molar refractivity (Wildman–Crippen MR) is 132 cm³/mol. The first-order valence-electron chi connectivity index (χ1n) is 10.7. The maximum atomic E-state index is 13.3. The van der Waals surface area contributed by atoms with Gasteiger partial charge in [0.2, 0.25) is 23.7 Å². The highest BCUT2D eigenvalue weighted by Crippen LogP contribution is 2.23. The second-order valence-electron chi connectivity index (χ2n) is 7.46. The fraction of sp³-hybridized carbons (Fsp3) is 0.120. The minimum atomic E-state index is -0.635. The third-order valence-electron chi connectivity index (χ3n) is 4.92. The van der Waals surface area contributed by atoms with Gasteiger partial charge in [0.1, 0.15) is 11.4 Å². The SMILES string of the molecule is CCC(=O)Nc1cnc(Nc2ccc(Oc3cccc(F)n3)cc2)n(Cc2ccc(Cl)cc2)c1=O. The van der Waals surface area contributed by atoms with Gasteiger partial charge in [0.15, 0.2) is 0 Å². The van der Waals surface area contributed by atoms with Crippen LogP contribution in [0.5, 0.6) is 11.6 Å². The highest BCUT2D eigenvalue weighted by molar-refractivity contribution is 6.30. The highest BCUT2D eigenvalue weighted by Gasteiger charge is 2.13. The summed E-state index contributed by atoms with van der Waals surface area (Å²) in [6.45, 7) is 1.90. The van der Waals surface area contributed by atoms with Gasteiger partial charge in [-0.25, -0.2) is 4.98 Å². The van der Waals surface area contributed by atoms with E-state index in [1.165, 1.54) is 22.9 Å². The summed E-state index contributed by atoms with van der Waals surface area (Å²) < 4.78 is 20.3. The fourth-order valence-electron chi connectivity index (χ4n) is 3.14. The molecule has 0 spiro atoms. The van der Waals surface area contributed by atoms with E-state index in [1.54, 1.807) is 49.4 Å². The lowest BCUT2D eigenvalue weighted by Crippen LogP contribution is -2.28. The third-order valence-corrected chi connectivity index (χ3v) is 5.17. The van der Waals surface area contributed by atoms with Gasteiger partial charge in [-0.3, -0.25) is 14.2 Å². The number of pyridine rings is 1. The summed E-state index contributed by atoms with van der Waals surface area (Å²) in [4.78, 5) is 33.0. The van der Waals surface area contributed by atoms with Crippen molar-refractivity contribution < 1.29 is 13.9 Å². The molecule has 0 aliphatic carbocycles. The molecule has 0 radical (unpaired) electrons. The van der Waals surface area contributed by atoms with Gasteiger partial charge in [-0.2, -0.15) is 9.37 Å². The van der Waals surface area contributed by atoms with Gasteiger partial charge in [0, 0.05) is 23.2 Å². The number of rotatable bonds is 8. The Hall–Kier alpha value is -4.24. The van der Waals surface area contributed by atoms with Crippen LogP contribution in [-0.4, -0.2) is 20.4 Å². The van der Waals surface area contributed by atoms with E-state index in [1.807, 2.05) is 12.1 Å². The Labute approximate surface area is 205 Å². The maximum absolute atomic E-state index is 13.3. The first kappa shape index (κ1) is 23.9. The molecule has 4 rings (SSSR count). The minimum absolute atomic E-state index is 0.0858. The van der Waals surface area contributed by atoms with E-state index in [9.17, 15) is 14.0 Å². The molecule has 0 atom stereocenters. The van der Waals surface area contributed by atoms with E-state index in [-0.39, 0.29) is 36.4 Å². The number of carbonyl (C=O) groups excluding carboxylic acids is 1. The lowest BCUT2D eigenvalue weighted by molar-refractivity contribution is -0.115. The largest absolute Gasteiger partial charge is 0.439 e. The van der Waals surface area contributed by atoms with Crippen LogP contribution in [0, 0.1) is 5.95 Å². The van der Waals surface area contributed by atoms with Crippen molar-refractivity contribution in [3.05, 3.63) is 99.8 Å². The van der Waals surface area contributed by atoms with Gasteiger partial charge in [0.25, 0.3) is 5.56 Å². The normalized spacial score (nSPS) is 10.6. The second kappa shape index (κ2) is 10.8. The maximum Gasteiger partial charge on any atom is 0.279 e. The molecule has 0 unspecified atom stereocenters. The monoisotopic (exact) mass is 493 g/mol. The predicted octanol–water partition coefficient (Wildman–Crippen LogP) is 5.36. The van der Waals surface area contributed by atoms with Gasteiger partial charge >= 0.3 is 0 Å². The Morgan fingerprint density at radius 1 is 1.09 bits per heavy atom. The number of aromatic nitrogens is 3. The molecule has 0 aliphatic heterocycles. The Morgan fingerprint density at radius 2 is 1.83 bits per heavy atom. The molecule has 8 nitrogen and oxygen atoms in total. The molecule has 2 aromatic heterocycles. The molecule has 0 aliphatic rings. The van der Waals surface area contributed by atoms with Crippen LogP contribution in [0.2, 0.25) is 5.02 Å². The van der Waals surface area contributed by atoms with Crippen LogP contribution in [0.15, 0.2) is 77.7 Å². The molecule has 2 heterocycles. The van der Waals surface area contributed by atoms with Crippen LogP contribution < -0.4 is 20.9 Å². The average Bonchev–Trinajstić information content (AvgIpc) is 2.85. The zero-order chi connectivity index (χ0) is 24.8. The lowest BCUT2D eigenvalue weighted by atomic mass is 10.2. The number of ether oxygens (including phenoxy) is 1. The molecular formula is C25H21ClFN5O3. The molecule has 178 valence electrons. The lowest BCUT2D eigenvalue weighted by Gasteiger charge is -2.16. The quantitative estimate of drug-likeness (QED) is 0.320. The van der Waals surface area contributed by atoms with Crippen molar-refractivity contribution in [1.29, 1.82) is 0 Å². The van der Waals surface area contributed by atoms with Crippen molar-refractivity contribution in [2.24, 2.45) is 0 Å². The number of nitrogens with one attached hydrogen (secondary N) is 2. The van der Waals surface area contributed by atoms with Crippen molar-refractivity contribution in [3.8, 4) is 11.6 Å². The minimum Gasteiger partial charge on any atom is -0.439 e. The number of carbonyl (C=O) groups is 1. The number of nitrogens with zero attached hydrogens (tertiary/aromatic N) is 3. The number of hydrogen-bond donors (Lipinski definition) is 2. The van der Waals surface area contributed by atoms with Crippen LogP contribution in [0.3, 0.4) is 0 Å². The number of amides is 1. The fourth-order valence-corrected chi connectivity index (χ4v) is 3.26. The summed E-state index contributed by atoms with van der Waals surface area (Å²) in [5.41, 5.74) is 1.14. The number of hydrogen-bond acceptors (Lipinski definition) is 6. The van der Waals surface area contributed by atoms with Crippen molar-refractivity contribution in [2.45, 2.75) is 19.9 Å². The Morgan fingerprint density at radius 3 is 2.51 bits per heavy atom. The Bertz CT molecular complexity index is 1390. The average molecular weight is 494 g/mol. The Balaban J connectivity index is 1.60. The molecule has 0 saturated carbocycles. The van der Waals surface area contributed by atoms with Gasteiger partial charge in [-0.1, -0.05) is 36.7 Å². The van der Waals surface area contributed by atoms with Crippen molar-refractivity contribution in [2.75, 3.05) is 10.6 Å². The summed E-state index contributed by atoms with van der Waals surface area (Å²) in [7, 11) is 0. The summed E-state index contributed by atoms with van der Waals surface area (Å²) in [6, 6.07) is 18.2. The first-order valence-corrected chi connectivity index (χ1v) is 11.1. The van der Waals surface area contributed by atoms with Gasteiger partial charge < -0.3 is 15.4 Å². The van der Waals surface area contributed by atoms with Gasteiger partial charge in [0.05, 0.1) is 12.7 Å². The number of halogens is 2. The van der Waals surface area contributed by atoms with Crippen LogP contribution in [0.25, 0.3) is 0 Å². The highest BCUT2D eigenvalue weighted by atomic mass is 35.5. The molecule has 35 heavy (non-hydrogen) atoms. The summed E-state index contributed by atoms with van der Waals surface area (Å²) >= 11 is 5.98. The van der Waals surface area contributed by atoms with E-state index >= 15 is 0 Å². The van der Waals surface area contributed by atoms with E-state index in [4.69, 9.17) is 16.3 Å². The van der Waals surface area contributed by atoms with Crippen molar-refractivity contribution in [1.82, 2.24) is 14.5 Å². The summed E-state index contributed by atoms with van der Waals surface area (Å²) in [6.07, 6.45) is 1.56. The van der Waals surface area contributed by atoms with E-state index in [0.29, 0.717) is 16.5 Å². The zero-order valence-electron chi connectivity index (χ0n) is 18.7. The molecule has 4 aromatic rings. The van der Waals surface area contributed by atoms with Crippen LogP contribution in [0.4, 0.5) is 21.7 Å². The van der Waals surface area contributed by atoms with Crippen LogP contribution in [0.1, 0.15) is 18.9 Å². The molecule has 1 amide bonds. The van der Waals surface area contributed by atoms with Gasteiger partial charge in [-0.15, -0.1) is 0 Å². The number of anilines is 3. The van der Waals surface area contributed by atoms with E-state index in [0.717, 1.165) is 5.56 Å². The van der Waals surface area contributed by atoms with Crippen LogP contribution in [-0.2, 0) is 11.3 Å². The van der Waals surface area contributed by atoms with Crippen LogP contribution >= 0.6 is 11.6 Å². The van der Waals surface area contributed by atoms with Crippen molar-refractivity contribution >= 4 is 34.8 Å². The molecule has 2 N–H and O–H groups in total. The zero-order valence-corrected chi connectivity index (χ0v) is 19.4. The topological polar surface area (TPSA) is 98.1 Å². The molecule has 2 aromatic carbocycles. The molecule has 10 heteroatoms. The second-order valence-corrected chi connectivity index (χ2v) is 7.90. The number of benzene rings is 2. The smallest absolute Gasteiger partial charge is 0.279 e. The summed E-state index contributed by atoms with van der Waals surface area (Å²) in [5.74, 6) is -0.0540. The molecule has 0 bridgehead atoms. The third kappa shape index (κ3) is 6.21. The van der Waals surface area contributed by atoms with Crippen molar-refractivity contribution in [3.63, 3.8) is 0 Å². The van der Waals surface area contributed by atoms with Gasteiger partial charge in [-0.05, 0) is 48.0 Å². The molecular weight excluding hydrogens is 473 g/mol. The standard InChI is InChI=1S/C25H21ClFN5O3/c1-2-22(33)30-20-14-28-25(32(24(20)34)15-16-6-8-17(26)9-7-16)29-18-10-12-19(13-11-18)35-23-5-3-4-21(27)31-23/h3-14H,2,15H2,1H3,(H,28,29)(H,30,33). The van der Waals surface area contributed by atoms with E-state index < -0.39 is 11.5 Å². The molecule has 0 saturated heterocycles. The molecule has 0 fully saturated rings. The Kier molecular flexibility index (Phi) is 7.37. The first-order chi connectivity index (χ1) is 16.9. The summed E-state index contributed by atoms with van der Waals surface area (Å²) in [5, 5.41) is 6.29. The van der Waals surface area contributed by atoms with E-state index in [2.05, 4.69) is 20.6 Å².